The number of hydrogen-bond donors (Lipinski definition) is 0. The molecule has 1 radical (unpaired) electrons. The Labute approximate surface area is 143 Å². The average molecular weight is 356 g/mol. The molecular formula is C15H24CuN4S+2. The van der Waals surface area contributed by atoms with Gasteiger partial charge in [0.2, 0.25) is 0 Å². The van der Waals surface area contributed by atoms with Crippen molar-refractivity contribution >= 4 is 23.0 Å². The Balaban J connectivity index is 0.00000400. The van der Waals surface area contributed by atoms with Gasteiger partial charge in [-0.25, -0.2) is 4.90 Å². The van der Waals surface area contributed by atoms with Crippen LogP contribution in [0.5, 0.6) is 0 Å². The van der Waals surface area contributed by atoms with E-state index in [4.69, 9.17) is 0 Å². The maximum atomic E-state index is 4.45. The van der Waals surface area contributed by atoms with E-state index in [0.717, 1.165) is 43.0 Å². The number of rotatable bonds is 6. The fourth-order valence-corrected chi connectivity index (χ4v) is 2.08. The van der Waals surface area contributed by atoms with Crippen molar-refractivity contribution in [3.63, 3.8) is 0 Å². The number of pyridine rings is 1. The fourth-order valence-electron chi connectivity index (χ4n) is 1.83. The molecule has 0 aromatic carbocycles. The molecule has 1 aromatic heterocycles. The van der Waals surface area contributed by atoms with Gasteiger partial charge in [-0.2, -0.15) is 0 Å². The van der Waals surface area contributed by atoms with Crippen LogP contribution in [0.1, 0.15) is 45.0 Å². The van der Waals surface area contributed by atoms with Crippen LogP contribution in [0.3, 0.4) is 0 Å². The van der Waals surface area contributed by atoms with Gasteiger partial charge >= 0.3 is 17.1 Å². The summed E-state index contributed by atoms with van der Waals surface area (Å²) in [7, 11) is 0. The summed E-state index contributed by atoms with van der Waals surface area (Å²) in [4.78, 5) is 6.57. The third-order valence-corrected chi connectivity index (χ3v) is 3.19. The Morgan fingerprint density at radius 2 is 1.90 bits per heavy atom. The summed E-state index contributed by atoms with van der Waals surface area (Å²) in [6, 6.07) is 5.88. The monoisotopic (exact) mass is 355 g/mol. The van der Waals surface area contributed by atoms with Crippen LogP contribution in [-0.4, -0.2) is 33.8 Å². The first-order valence-corrected chi connectivity index (χ1v) is 7.53. The minimum Gasteiger partial charge on any atom is -0.515 e. The van der Waals surface area contributed by atoms with Gasteiger partial charge in [0.1, 0.15) is 0 Å². The van der Waals surface area contributed by atoms with Gasteiger partial charge in [0, 0.05) is 24.5 Å². The quantitative estimate of drug-likeness (QED) is 0.196. The normalized spacial score (nSPS) is 11.2. The number of aromatic nitrogens is 1. The molecule has 0 spiro atoms. The van der Waals surface area contributed by atoms with Crippen LogP contribution in [0.25, 0.3) is 5.43 Å². The van der Waals surface area contributed by atoms with E-state index in [9.17, 15) is 0 Å². The predicted molar refractivity (Wildman–Crippen MR) is 90.5 cm³/mol. The Hall–Kier alpha value is -0.811. The van der Waals surface area contributed by atoms with Gasteiger partial charge in [0.25, 0.3) is 0 Å². The molecule has 119 valence electrons. The van der Waals surface area contributed by atoms with E-state index in [2.05, 4.69) is 46.5 Å². The molecule has 1 rings (SSSR count). The Bertz CT molecular complexity index is 470. The molecule has 0 N–H and O–H groups in total. The van der Waals surface area contributed by atoms with Crippen molar-refractivity contribution in [2.75, 3.05) is 13.1 Å². The molecule has 0 unspecified atom stereocenters. The second kappa shape index (κ2) is 10.9. The maximum absolute atomic E-state index is 4.45. The molecule has 0 saturated carbocycles. The molecule has 0 aliphatic rings. The number of thiol groups is 1. The van der Waals surface area contributed by atoms with Crippen LogP contribution in [0.15, 0.2) is 23.3 Å². The molecule has 0 amide bonds. The van der Waals surface area contributed by atoms with Crippen molar-refractivity contribution in [3.8, 4) is 0 Å². The fraction of sp³-hybridized carbons (Fsp3) is 0.533. The van der Waals surface area contributed by atoms with Gasteiger partial charge in [0.15, 0.2) is 17.3 Å². The second-order valence-corrected chi connectivity index (χ2v) is 5.14. The Kier molecular flexibility index (Phi) is 10.4. The van der Waals surface area contributed by atoms with Crippen LogP contribution in [-0.2, 0) is 29.3 Å². The van der Waals surface area contributed by atoms with E-state index in [0.29, 0.717) is 5.11 Å². The van der Waals surface area contributed by atoms with Crippen LogP contribution in [0.4, 0.5) is 0 Å². The zero-order chi connectivity index (χ0) is 15.0. The summed E-state index contributed by atoms with van der Waals surface area (Å²) < 4.78 is 0. The predicted octanol–water partition coefficient (Wildman–Crippen LogP) is 2.97. The summed E-state index contributed by atoms with van der Waals surface area (Å²) in [5, 5.41) is 4.91. The van der Waals surface area contributed by atoms with E-state index in [1.165, 1.54) is 0 Å². The van der Waals surface area contributed by atoms with E-state index in [1.54, 1.807) is 0 Å². The van der Waals surface area contributed by atoms with E-state index >= 15 is 0 Å². The zero-order valence-electron chi connectivity index (χ0n) is 13.1. The smallest absolute Gasteiger partial charge is 0.515 e. The van der Waals surface area contributed by atoms with Gasteiger partial charge in [0.05, 0.1) is 5.69 Å². The third-order valence-electron chi connectivity index (χ3n) is 2.82. The molecular weight excluding hydrogens is 332 g/mol. The molecule has 1 aromatic rings. The number of hydrogen-bond acceptors (Lipinski definition) is 2. The Morgan fingerprint density at radius 1 is 1.29 bits per heavy atom. The molecule has 0 saturated heterocycles. The van der Waals surface area contributed by atoms with E-state index in [1.807, 2.05) is 32.0 Å². The minimum atomic E-state index is 0. The molecule has 0 aliphatic carbocycles. The van der Waals surface area contributed by atoms with Crippen molar-refractivity contribution in [1.29, 1.82) is 0 Å². The second-order valence-electron chi connectivity index (χ2n) is 4.74. The SMILES string of the molecule is CCCN(CCC)C(=[SH+])[N-]N=C(C)c1cccc(C)n1.[Cu+2]. The molecule has 0 aliphatic heterocycles. The molecule has 0 atom stereocenters. The van der Waals surface area contributed by atoms with Crippen molar-refractivity contribution in [2.24, 2.45) is 5.10 Å². The van der Waals surface area contributed by atoms with Crippen LogP contribution in [0.2, 0.25) is 0 Å². The van der Waals surface area contributed by atoms with Crippen molar-refractivity contribution in [3.05, 3.63) is 35.0 Å². The van der Waals surface area contributed by atoms with Crippen LogP contribution in [0, 0.1) is 6.92 Å². The van der Waals surface area contributed by atoms with E-state index in [-0.39, 0.29) is 17.1 Å². The van der Waals surface area contributed by atoms with Gasteiger partial charge in [-0.3, -0.25) is 4.98 Å². The van der Waals surface area contributed by atoms with Gasteiger partial charge in [-0.15, -0.1) is 0 Å². The molecule has 6 heteroatoms. The summed E-state index contributed by atoms with van der Waals surface area (Å²) in [6.45, 7) is 10.1. The first-order valence-electron chi connectivity index (χ1n) is 7.08. The minimum absolute atomic E-state index is 0. The summed E-state index contributed by atoms with van der Waals surface area (Å²) in [5.41, 5.74) is 6.85. The van der Waals surface area contributed by atoms with Gasteiger partial charge in [-0.05, 0) is 38.8 Å². The molecule has 1 heterocycles. The first-order chi connectivity index (χ1) is 9.58. The summed E-state index contributed by atoms with van der Waals surface area (Å²) >= 11 is 4.45. The molecule has 0 fully saturated rings. The van der Waals surface area contributed by atoms with Crippen molar-refractivity contribution < 1.29 is 17.1 Å². The topological polar surface area (TPSA) is 42.6 Å². The number of aryl methyl sites for hydroxylation is 1. The van der Waals surface area contributed by atoms with Crippen molar-refractivity contribution in [2.45, 2.75) is 40.5 Å². The number of nitrogens with zero attached hydrogens (tertiary/aromatic N) is 4. The van der Waals surface area contributed by atoms with E-state index < -0.39 is 0 Å². The van der Waals surface area contributed by atoms with Gasteiger partial charge < -0.3 is 10.5 Å². The molecule has 4 nitrogen and oxygen atoms in total. The Morgan fingerprint density at radius 3 is 2.43 bits per heavy atom. The van der Waals surface area contributed by atoms with Crippen LogP contribution < -0.4 is 0 Å². The largest absolute Gasteiger partial charge is 2.00 e. The summed E-state index contributed by atoms with van der Waals surface area (Å²) in [5.74, 6) is 0. The van der Waals surface area contributed by atoms with Crippen LogP contribution >= 0.6 is 0 Å². The molecule has 0 bridgehead atoms. The van der Waals surface area contributed by atoms with Gasteiger partial charge in [-0.1, -0.05) is 19.9 Å². The average Bonchev–Trinajstić information content (AvgIpc) is 2.44. The summed E-state index contributed by atoms with van der Waals surface area (Å²) in [6.07, 6.45) is 2.14. The first kappa shape index (κ1) is 20.2. The standard InChI is InChI=1S/C15H24N4S.Cu/c1-5-10-19(11-6-2)15(20)18-17-13(4)14-9-7-8-12(3)16-14;/h7-9H,5-6,10-11H2,1-4H3,(H,16,18,20);/q;+2. The zero-order valence-corrected chi connectivity index (χ0v) is 14.9. The molecule has 21 heavy (non-hydrogen) atoms. The third kappa shape index (κ3) is 7.14. The maximum Gasteiger partial charge on any atom is 2.00 e. The van der Waals surface area contributed by atoms with Crippen molar-refractivity contribution in [1.82, 2.24) is 9.88 Å².